The molecule has 0 unspecified atom stereocenters. The van der Waals surface area contributed by atoms with E-state index in [0.29, 0.717) is 0 Å². The van der Waals surface area contributed by atoms with Gasteiger partial charge in [-0.15, -0.1) is 0 Å². The number of ether oxygens (including phenoxy) is 3. The van der Waals surface area contributed by atoms with Gasteiger partial charge in [-0.1, -0.05) is 0 Å². The minimum atomic E-state index is -1.63. The van der Waals surface area contributed by atoms with Crippen molar-refractivity contribution < 1.29 is 50.0 Å². The third-order valence-electron chi connectivity index (χ3n) is 3.61. The average molecular weight is 312 g/mol. The van der Waals surface area contributed by atoms with E-state index in [1.54, 1.807) is 0 Å². The van der Waals surface area contributed by atoms with Crippen LogP contribution in [0, 0.1) is 0 Å². The van der Waals surface area contributed by atoms with Gasteiger partial charge in [0.2, 0.25) is 0 Å². The van der Waals surface area contributed by atoms with Crippen LogP contribution in [-0.2, 0) is 14.2 Å². The monoisotopic (exact) mass is 312 g/mol. The number of hydrogen-bond donors (Lipinski definition) is 7. The van der Waals surface area contributed by atoms with Crippen molar-refractivity contribution in [1.29, 1.82) is 0 Å². The van der Waals surface area contributed by atoms with Crippen LogP contribution in [0.15, 0.2) is 0 Å². The molecule has 0 bridgehead atoms. The van der Waals surface area contributed by atoms with Gasteiger partial charge in [-0.2, -0.15) is 0 Å². The lowest BCUT2D eigenvalue weighted by Gasteiger charge is -2.43. The van der Waals surface area contributed by atoms with E-state index in [2.05, 4.69) is 0 Å². The molecule has 0 spiro atoms. The van der Waals surface area contributed by atoms with Crippen molar-refractivity contribution in [2.45, 2.75) is 55.3 Å². The fourth-order valence-corrected chi connectivity index (χ4v) is 2.25. The van der Waals surface area contributed by atoms with Crippen LogP contribution >= 0.6 is 0 Å². The SMILES string of the molecule is OC[C@H]1O[C@@H](O[C@H]2CO[C@H](O)[C@H](O)[C@H]2O)[C@H](O)[C@@H](O)[C@H]1O. The Labute approximate surface area is 119 Å². The minimum Gasteiger partial charge on any atom is -0.394 e. The summed E-state index contributed by atoms with van der Waals surface area (Å²) in [5, 5.41) is 66.5. The van der Waals surface area contributed by atoms with E-state index in [4.69, 9.17) is 19.3 Å². The minimum absolute atomic E-state index is 0.283. The number of hydrogen-bond acceptors (Lipinski definition) is 10. The summed E-state index contributed by atoms with van der Waals surface area (Å²) in [4.78, 5) is 0. The van der Waals surface area contributed by atoms with E-state index >= 15 is 0 Å². The molecule has 9 atom stereocenters. The summed E-state index contributed by atoms with van der Waals surface area (Å²) in [6.45, 7) is -0.899. The van der Waals surface area contributed by atoms with Crippen LogP contribution in [0.1, 0.15) is 0 Å². The van der Waals surface area contributed by atoms with E-state index in [1.165, 1.54) is 0 Å². The highest BCUT2D eigenvalue weighted by atomic mass is 16.7. The van der Waals surface area contributed by atoms with Crippen molar-refractivity contribution in [2.75, 3.05) is 13.2 Å². The van der Waals surface area contributed by atoms with Crippen molar-refractivity contribution in [3.63, 3.8) is 0 Å². The van der Waals surface area contributed by atoms with E-state index < -0.39 is 61.9 Å². The number of rotatable bonds is 3. The zero-order chi connectivity index (χ0) is 15.7. The molecule has 0 aromatic rings. The maximum Gasteiger partial charge on any atom is 0.187 e. The maximum atomic E-state index is 9.78. The first-order valence-electron chi connectivity index (χ1n) is 6.48. The third-order valence-corrected chi connectivity index (χ3v) is 3.61. The standard InChI is InChI=1S/C11H20O10/c12-1-3-5(13)7(15)9(17)11(20-3)21-4-2-19-10(18)8(16)6(4)14/h3-18H,1-2H2/t3-,4+,5+,6+,7+,8-,9-,10+,11+/m1/s1. The van der Waals surface area contributed by atoms with Gasteiger partial charge < -0.3 is 50.0 Å². The van der Waals surface area contributed by atoms with Gasteiger partial charge in [-0.05, 0) is 0 Å². The molecule has 2 aliphatic heterocycles. The summed E-state index contributed by atoms with van der Waals surface area (Å²) >= 11 is 0. The fourth-order valence-electron chi connectivity index (χ4n) is 2.25. The quantitative estimate of drug-likeness (QED) is 0.268. The van der Waals surface area contributed by atoms with Crippen molar-refractivity contribution in [2.24, 2.45) is 0 Å². The number of aliphatic hydroxyl groups excluding tert-OH is 7. The Morgan fingerprint density at radius 1 is 0.857 bits per heavy atom. The largest absolute Gasteiger partial charge is 0.394 e. The Balaban J connectivity index is 2.01. The van der Waals surface area contributed by atoms with Crippen molar-refractivity contribution in [1.82, 2.24) is 0 Å². The number of aliphatic hydroxyl groups is 7. The molecule has 0 aromatic carbocycles. The highest BCUT2D eigenvalue weighted by Gasteiger charge is 2.47. The molecule has 2 heterocycles. The lowest BCUT2D eigenvalue weighted by molar-refractivity contribution is -0.340. The highest BCUT2D eigenvalue weighted by Crippen LogP contribution is 2.25. The Morgan fingerprint density at radius 3 is 2.14 bits per heavy atom. The van der Waals surface area contributed by atoms with E-state index in [9.17, 15) is 30.6 Å². The zero-order valence-corrected chi connectivity index (χ0v) is 11.0. The predicted octanol–water partition coefficient (Wildman–Crippen LogP) is -4.76. The normalized spacial score (nSPS) is 51.9. The molecular weight excluding hydrogens is 292 g/mol. The second kappa shape index (κ2) is 6.79. The summed E-state index contributed by atoms with van der Waals surface area (Å²) in [6, 6.07) is 0. The average Bonchev–Trinajstić information content (AvgIpc) is 2.48. The van der Waals surface area contributed by atoms with E-state index in [1.807, 2.05) is 0 Å². The van der Waals surface area contributed by atoms with Crippen LogP contribution in [0.2, 0.25) is 0 Å². The molecule has 2 rings (SSSR count). The van der Waals surface area contributed by atoms with Crippen molar-refractivity contribution in [3.05, 3.63) is 0 Å². The van der Waals surface area contributed by atoms with Crippen molar-refractivity contribution >= 4 is 0 Å². The van der Waals surface area contributed by atoms with Crippen LogP contribution in [0.5, 0.6) is 0 Å². The predicted molar refractivity (Wildman–Crippen MR) is 62.6 cm³/mol. The molecule has 7 N–H and O–H groups in total. The van der Waals surface area contributed by atoms with E-state index in [-0.39, 0.29) is 6.61 Å². The highest BCUT2D eigenvalue weighted by molar-refractivity contribution is 4.91. The van der Waals surface area contributed by atoms with Gasteiger partial charge in [0, 0.05) is 0 Å². The summed E-state index contributed by atoms with van der Waals surface area (Å²) in [5.74, 6) is 0. The van der Waals surface area contributed by atoms with Gasteiger partial charge in [0.15, 0.2) is 12.6 Å². The lowest BCUT2D eigenvalue weighted by atomic mass is 9.99. The van der Waals surface area contributed by atoms with Crippen LogP contribution in [0.4, 0.5) is 0 Å². The van der Waals surface area contributed by atoms with Crippen LogP contribution in [-0.4, -0.2) is 104 Å². The Morgan fingerprint density at radius 2 is 1.52 bits per heavy atom. The molecule has 21 heavy (non-hydrogen) atoms. The smallest absolute Gasteiger partial charge is 0.187 e. The molecule has 10 heteroatoms. The summed E-state index contributed by atoms with van der Waals surface area (Å²) in [7, 11) is 0. The van der Waals surface area contributed by atoms with Gasteiger partial charge in [0.25, 0.3) is 0 Å². The van der Waals surface area contributed by atoms with Gasteiger partial charge in [-0.3, -0.25) is 0 Å². The molecule has 2 saturated heterocycles. The Kier molecular flexibility index (Phi) is 5.48. The first-order chi connectivity index (χ1) is 9.86. The van der Waals surface area contributed by atoms with Gasteiger partial charge in [-0.25, -0.2) is 0 Å². The van der Waals surface area contributed by atoms with Gasteiger partial charge in [0.1, 0.15) is 42.7 Å². The molecular formula is C11H20O10. The Hall–Kier alpha value is -0.400. The topological polar surface area (TPSA) is 169 Å². The first kappa shape index (κ1) is 17.0. The van der Waals surface area contributed by atoms with Gasteiger partial charge in [0.05, 0.1) is 13.2 Å². The maximum absolute atomic E-state index is 9.78. The molecule has 124 valence electrons. The van der Waals surface area contributed by atoms with Crippen LogP contribution in [0.3, 0.4) is 0 Å². The van der Waals surface area contributed by atoms with E-state index in [0.717, 1.165) is 0 Å². The second-order valence-electron chi connectivity index (χ2n) is 5.08. The molecule has 0 amide bonds. The molecule has 0 aliphatic carbocycles. The Bertz CT molecular complexity index is 339. The third kappa shape index (κ3) is 3.35. The van der Waals surface area contributed by atoms with Crippen LogP contribution < -0.4 is 0 Å². The molecule has 2 fully saturated rings. The van der Waals surface area contributed by atoms with Crippen LogP contribution in [0.25, 0.3) is 0 Å². The molecule has 0 aromatic heterocycles. The lowest BCUT2D eigenvalue weighted by Crippen LogP contribution is -2.62. The van der Waals surface area contributed by atoms with Gasteiger partial charge >= 0.3 is 0 Å². The zero-order valence-electron chi connectivity index (χ0n) is 11.0. The summed E-state index contributed by atoms with van der Waals surface area (Å²) in [5.41, 5.74) is 0. The molecule has 10 nitrogen and oxygen atoms in total. The second-order valence-corrected chi connectivity index (χ2v) is 5.08. The molecule has 0 saturated carbocycles. The molecule has 0 radical (unpaired) electrons. The van der Waals surface area contributed by atoms with Crippen molar-refractivity contribution in [3.8, 4) is 0 Å². The first-order valence-corrected chi connectivity index (χ1v) is 6.48. The summed E-state index contributed by atoms with van der Waals surface area (Å²) < 4.78 is 15.1. The fraction of sp³-hybridized carbons (Fsp3) is 1.00. The summed E-state index contributed by atoms with van der Waals surface area (Å²) in [6.07, 6.45) is -13.2. The molecule has 2 aliphatic rings.